The van der Waals surface area contributed by atoms with Gasteiger partial charge in [-0.2, -0.15) is 0 Å². The number of aryl methyl sites for hydroxylation is 2. The smallest absolute Gasteiger partial charge is 0.118 e. The van der Waals surface area contributed by atoms with Crippen LogP contribution in [0.5, 0.6) is 5.75 Å². The van der Waals surface area contributed by atoms with Gasteiger partial charge in [-0.05, 0) is 37.5 Å². The normalized spacial score (nSPS) is 12.6. The molecule has 0 fully saturated rings. The Morgan fingerprint density at radius 3 is 2.45 bits per heavy atom. The number of rotatable bonds is 7. The van der Waals surface area contributed by atoms with Crippen molar-refractivity contribution in [1.29, 1.82) is 0 Å². The van der Waals surface area contributed by atoms with Gasteiger partial charge in [0.1, 0.15) is 5.75 Å². The molecule has 0 aliphatic rings. The predicted octanol–water partition coefficient (Wildman–Crippen LogP) is 3.10. The number of nitrogens with zero attached hydrogens (tertiary/aromatic N) is 3. The van der Waals surface area contributed by atoms with Gasteiger partial charge in [0.25, 0.3) is 0 Å². The number of hydrogen-bond acceptors (Lipinski definition) is 4. The SMILES string of the molecule is CCn1nnc(C)c1CN[C@H](c1ccc(OC)cc1)C(C)C. The van der Waals surface area contributed by atoms with Crippen molar-refractivity contribution in [3.8, 4) is 5.75 Å². The lowest BCUT2D eigenvalue weighted by atomic mass is 9.96. The van der Waals surface area contributed by atoms with Crippen LogP contribution < -0.4 is 10.1 Å². The van der Waals surface area contributed by atoms with E-state index in [-0.39, 0.29) is 6.04 Å². The summed E-state index contributed by atoms with van der Waals surface area (Å²) in [6.45, 7) is 10.2. The zero-order chi connectivity index (χ0) is 16.1. The van der Waals surface area contributed by atoms with E-state index >= 15 is 0 Å². The zero-order valence-electron chi connectivity index (χ0n) is 14.1. The van der Waals surface area contributed by atoms with Gasteiger partial charge in [-0.15, -0.1) is 5.10 Å². The molecule has 1 aromatic carbocycles. The summed E-state index contributed by atoms with van der Waals surface area (Å²) in [6, 6.07) is 8.55. The van der Waals surface area contributed by atoms with E-state index in [9.17, 15) is 0 Å². The van der Waals surface area contributed by atoms with Crippen molar-refractivity contribution in [3.05, 3.63) is 41.2 Å². The van der Waals surface area contributed by atoms with Crippen molar-refractivity contribution >= 4 is 0 Å². The van der Waals surface area contributed by atoms with Gasteiger partial charge in [-0.3, -0.25) is 0 Å². The van der Waals surface area contributed by atoms with E-state index in [0.29, 0.717) is 5.92 Å². The van der Waals surface area contributed by atoms with Gasteiger partial charge in [0, 0.05) is 19.1 Å². The first-order chi connectivity index (χ1) is 10.6. The molecular formula is C17H26N4O. The van der Waals surface area contributed by atoms with E-state index in [4.69, 9.17) is 4.74 Å². The summed E-state index contributed by atoms with van der Waals surface area (Å²) in [7, 11) is 1.69. The summed E-state index contributed by atoms with van der Waals surface area (Å²) in [5, 5.41) is 12.0. The third kappa shape index (κ3) is 3.65. The summed E-state index contributed by atoms with van der Waals surface area (Å²) in [5.41, 5.74) is 3.41. The van der Waals surface area contributed by atoms with Crippen LogP contribution in [0.4, 0.5) is 0 Å². The van der Waals surface area contributed by atoms with E-state index in [1.807, 2.05) is 23.7 Å². The average Bonchev–Trinajstić information content (AvgIpc) is 2.88. The molecule has 22 heavy (non-hydrogen) atoms. The Labute approximate surface area is 132 Å². The second-order valence-corrected chi connectivity index (χ2v) is 5.81. The van der Waals surface area contributed by atoms with Crippen LogP contribution in [0.2, 0.25) is 0 Å². The van der Waals surface area contributed by atoms with Gasteiger partial charge >= 0.3 is 0 Å². The van der Waals surface area contributed by atoms with Gasteiger partial charge in [0.15, 0.2) is 0 Å². The minimum Gasteiger partial charge on any atom is -0.497 e. The molecule has 0 unspecified atom stereocenters. The molecule has 1 atom stereocenters. The fourth-order valence-corrected chi connectivity index (χ4v) is 2.65. The summed E-state index contributed by atoms with van der Waals surface area (Å²) < 4.78 is 7.19. The molecule has 0 amide bonds. The standard InChI is InChI=1S/C17H26N4O/c1-6-21-16(13(4)19-20-21)11-18-17(12(2)3)14-7-9-15(22-5)10-8-14/h7-10,12,17-18H,6,11H2,1-5H3/t17-/m0/s1. The maximum Gasteiger partial charge on any atom is 0.118 e. The largest absolute Gasteiger partial charge is 0.497 e. The van der Waals surface area contributed by atoms with Crippen molar-refractivity contribution < 1.29 is 4.74 Å². The lowest BCUT2D eigenvalue weighted by Gasteiger charge is -2.23. The molecular weight excluding hydrogens is 276 g/mol. The van der Waals surface area contributed by atoms with Gasteiger partial charge in [-0.1, -0.05) is 31.2 Å². The van der Waals surface area contributed by atoms with Crippen LogP contribution in [0.25, 0.3) is 0 Å². The molecule has 2 rings (SSSR count). The van der Waals surface area contributed by atoms with Crippen LogP contribution in [0, 0.1) is 12.8 Å². The van der Waals surface area contributed by atoms with Gasteiger partial charge in [0.05, 0.1) is 18.5 Å². The van der Waals surface area contributed by atoms with Gasteiger partial charge in [-0.25, -0.2) is 4.68 Å². The van der Waals surface area contributed by atoms with Crippen molar-refractivity contribution in [2.45, 2.75) is 46.8 Å². The molecule has 5 nitrogen and oxygen atoms in total. The Morgan fingerprint density at radius 2 is 1.91 bits per heavy atom. The summed E-state index contributed by atoms with van der Waals surface area (Å²) in [5.74, 6) is 1.37. The number of ether oxygens (including phenoxy) is 1. The average molecular weight is 302 g/mol. The summed E-state index contributed by atoms with van der Waals surface area (Å²) in [4.78, 5) is 0. The Morgan fingerprint density at radius 1 is 1.23 bits per heavy atom. The predicted molar refractivity (Wildman–Crippen MR) is 87.8 cm³/mol. The van der Waals surface area contributed by atoms with Crippen molar-refractivity contribution in [2.24, 2.45) is 5.92 Å². The first kappa shape index (κ1) is 16.5. The molecule has 0 aliphatic carbocycles. The van der Waals surface area contributed by atoms with Crippen LogP contribution in [-0.4, -0.2) is 22.1 Å². The second kappa shape index (κ2) is 7.40. The molecule has 0 aliphatic heterocycles. The maximum absolute atomic E-state index is 5.23. The monoisotopic (exact) mass is 302 g/mol. The van der Waals surface area contributed by atoms with Gasteiger partial charge < -0.3 is 10.1 Å². The van der Waals surface area contributed by atoms with E-state index in [1.54, 1.807) is 7.11 Å². The fourth-order valence-electron chi connectivity index (χ4n) is 2.65. The van der Waals surface area contributed by atoms with E-state index < -0.39 is 0 Å². The lowest BCUT2D eigenvalue weighted by molar-refractivity contribution is 0.398. The number of hydrogen-bond donors (Lipinski definition) is 1. The van der Waals surface area contributed by atoms with Crippen LogP contribution in [-0.2, 0) is 13.1 Å². The van der Waals surface area contributed by atoms with E-state index in [2.05, 4.69) is 48.5 Å². The van der Waals surface area contributed by atoms with Crippen LogP contribution in [0.1, 0.15) is 43.8 Å². The molecule has 5 heteroatoms. The maximum atomic E-state index is 5.23. The first-order valence-electron chi connectivity index (χ1n) is 7.83. The minimum atomic E-state index is 0.283. The molecule has 2 aromatic rings. The third-order valence-corrected chi connectivity index (χ3v) is 3.96. The topological polar surface area (TPSA) is 52.0 Å². The molecule has 1 heterocycles. The quantitative estimate of drug-likeness (QED) is 0.854. The van der Waals surface area contributed by atoms with Crippen LogP contribution in [0.15, 0.2) is 24.3 Å². The Kier molecular flexibility index (Phi) is 5.55. The van der Waals surface area contributed by atoms with Crippen LogP contribution >= 0.6 is 0 Å². The molecule has 0 saturated carbocycles. The molecule has 0 radical (unpaired) electrons. The Hall–Kier alpha value is -1.88. The van der Waals surface area contributed by atoms with Crippen molar-refractivity contribution in [3.63, 3.8) is 0 Å². The lowest BCUT2D eigenvalue weighted by Crippen LogP contribution is -2.26. The highest BCUT2D eigenvalue weighted by Gasteiger charge is 2.17. The highest BCUT2D eigenvalue weighted by molar-refractivity contribution is 5.29. The first-order valence-corrected chi connectivity index (χ1v) is 7.83. The molecule has 0 spiro atoms. The molecule has 1 aromatic heterocycles. The summed E-state index contributed by atoms with van der Waals surface area (Å²) in [6.07, 6.45) is 0. The highest BCUT2D eigenvalue weighted by atomic mass is 16.5. The third-order valence-electron chi connectivity index (χ3n) is 3.96. The number of benzene rings is 1. The van der Waals surface area contributed by atoms with Crippen molar-refractivity contribution in [1.82, 2.24) is 20.3 Å². The number of aromatic nitrogens is 3. The Bertz CT molecular complexity index is 589. The molecule has 120 valence electrons. The fraction of sp³-hybridized carbons (Fsp3) is 0.529. The second-order valence-electron chi connectivity index (χ2n) is 5.81. The number of nitrogens with one attached hydrogen (secondary N) is 1. The van der Waals surface area contributed by atoms with Gasteiger partial charge in [0.2, 0.25) is 0 Å². The summed E-state index contributed by atoms with van der Waals surface area (Å²) >= 11 is 0. The Balaban J connectivity index is 2.13. The molecule has 0 bridgehead atoms. The molecule has 1 N–H and O–H groups in total. The van der Waals surface area contributed by atoms with E-state index in [1.165, 1.54) is 5.56 Å². The van der Waals surface area contributed by atoms with E-state index in [0.717, 1.165) is 30.2 Å². The van der Waals surface area contributed by atoms with Crippen molar-refractivity contribution in [2.75, 3.05) is 7.11 Å². The minimum absolute atomic E-state index is 0.283. The van der Waals surface area contributed by atoms with Crippen LogP contribution in [0.3, 0.4) is 0 Å². The zero-order valence-corrected chi connectivity index (χ0v) is 14.1. The molecule has 0 saturated heterocycles. The number of methoxy groups -OCH3 is 1. The highest BCUT2D eigenvalue weighted by Crippen LogP contribution is 2.24.